The highest BCUT2D eigenvalue weighted by molar-refractivity contribution is 5.92. The number of aromatic nitrogens is 2. The van der Waals surface area contributed by atoms with Crippen molar-refractivity contribution in [2.24, 2.45) is 0 Å². The number of carbonyl (C=O) groups is 2. The number of hydrogen-bond donors (Lipinski definition) is 0. The lowest BCUT2D eigenvalue weighted by molar-refractivity contribution is -0.118. The molecular formula is C20H23FN6O2. The maximum absolute atomic E-state index is 13.1. The Morgan fingerprint density at radius 3 is 2.07 bits per heavy atom. The minimum absolute atomic E-state index is 0.131. The fraction of sp³-hybridized carbons (Fsp3) is 0.400. The Balaban J connectivity index is 1.33. The molecule has 1 aromatic heterocycles. The fourth-order valence-electron chi connectivity index (χ4n) is 3.65. The number of amides is 2. The molecule has 29 heavy (non-hydrogen) atoms. The minimum atomic E-state index is -0.254. The van der Waals surface area contributed by atoms with Crippen LogP contribution in [0.5, 0.6) is 0 Å². The van der Waals surface area contributed by atoms with E-state index in [2.05, 4.69) is 20.0 Å². The van der Waals surface area contributed by atoms with E-state index in [1.807, 2.05) is 6.07 Å². The van der Waals surface area contributed by atoms with Crippen molar-refractivity contribution < 1.29 is 14.0 Å². The molecule has 0 unspecified atom stereocenters. The van der Waals surface area contributed by atoms with E-state index in [0.29, 0.717) is 63.9 Å². The van der Waals surface area contributed by atoms with Gasteiger partial charge in [-0.3, -0.25) is 9.59 Å². The Hall–Kier alpha value is -3.23. The van der Waals surface area contributed by atoms with Gasteiger partial charge in [0.2, 0.25) is 6.41 Å². The largest absolute Gasteiger partial charge is 0.368 e. The number of hydrogen-bond acceptors (Lipinski definition) is 6. The van der Waals surface area contributed by atoms with E-state index < -0.39 is 0 Å². The lowest BCUT2D eigenvalue weighted by Gasteiger charge is -2.36. The second-order valence-electron chi connectivity index (χ2n) is 7.16. The van der Waals surface area contributed by atoms with Gasteiger partial charge in [-0.15, -0.1) is 10.2 Å². The van der Waals surface area contributed by atoms with E-state index in [1.54, 1.807) is 28.0 Å². The Bertz CT molecular complexity index is 844. The molecule has 0 bridgehead atoms. The molecule has 0 N–H and O–H groups in total. The first kappa shape index (κ1) is 19.1. The van der Waals surface area contributed by atoms with Gasteiger partial charge in [0.1, 0.15) is 5.82 Å². The molecule has 1 aromatic carbocycles. The topological polar surface area (TPSA) is 72.9 Å². The zero-order chi connectivity index (χ0) is 20.2. The highest BCUT2D eigenvalue weighted by Gasteiger charge is 2.24. The number of benzene rings is 1. The molecule has 8 nitrogen and oxygen atoms in total. The first-order valence-corrected chi connectivity index (χ1v) is 9.72. The monoisotopic (exact) mass is 398 g/mol. The second-order valence-corrected chi connectivity index (χ2v) is 7.16. The van der Waals surface area contributed by atoms with Gasteiger partial charge in [0.05, 0.1) is 0 Å². The lowest BCUT2D eigenvalue weighted by Crippen LogP contribution is -2.49. The molecule has 0 saturated carbocycles. The van der Waals surface area contributed by atoms with E-state index >= 15 is 0 Å². The maximum Gasteiger partial charge on any atom is 0.274 e. The molecule has 2 fully saturated rings. The van der Waals surface area contributed by atoms with Crippen LogP contribution in [0.2, 0.25) is 0 Å². The van der Waals surface area contributed by atoms with Crippen LogP contribution < -0.4 is 9.80 Å². The van der Waals surface area contributed by atoms with E-state index in [0.717, 1.165) is 12.1 Å². The average Bonchev–Trinajstić information content (AvgIpc) is 2.79. The van der Waals surface area contributed by atoms with E-state index in [4.69, 9.17) is 0 Å². The van der Waals surface area contributed by atoms with Crippen molar-refractivity contribution in [2.45, 2.75) is 0 Å². The van der Waals surface area contributed by atoms with Crippen LogP contribution in [0, 0.1) is 5.82 Å². The fourth-order valence-corrected chi connectivity index (χ4v) is 3.65. The Morgan fingerprint density at radius 2 is 1.48 bits per heavy atom. The number of nitrogens with zero attached hydrogens (tertiary/aromatic N) is 6. The third-order valence-electron chi connectivity index (χ3n) is 5.42. The van der Waals surface area contributed by atoms with Gasteiger partial charge in [-0.2, -0.15) is 0 Å². The SMILES string of the molecule is O=CN1CCN(c2ccc(C(=O)N3CCN(c4ccc(F)cc4)CC3)nn2)CC1. The predicted octanol–water partition coefficient (Wildman–Crippen LogP) is 0.856. The van der Waals surface area contributed by atoms with Gasteiger partial charge in [-0.05, 0) is 36.4 Å². The molecule has 0 spiro atoms. The molecule has 2 aromatic rings. The molecule has 9 heteroatoms. The smallest absolute Gasteiger partial charge is 0.274 e. The molecule has 0 radical (unpaired) electrons. The molecule has 2 amide bonds. The van der Waals surface area contributed by atoms with E-state index in [-0.39, 0.29) is 11.7 Å². The summed E-state index contributed by atoms with van der Waals surface area (Å²) in [6.07, 6.45) is 0.862. The van der Waals surface area contributed by atoms with Gasteiger partial charge in [0, 0.05) is 58.0 Å². The van der Waals surface area contributed by atoms with Gasteiger partial charge < -0.3 is 19.6 Å². The summed E-state index contributed by atoms with van der Waals surface area (Å²) in [7, 11) is 0. The van der Waals surface area contributed by atoms with Gasteiger partial charge >= 0.3 is 0 Å². The Labute approximate surface area is 168 Å². The van der Waals surface area contributed by atoms with Crippen molar-refractivity contribution in [3.05, 3.63) is 47.9 Å². The number of halogens is 1. The van der Waals surface area contributed by atoms with Crippen molar-refractivity contribution in [2.75, 3.05) is 62.2 Å². The van der Waals surface area contributed by atoms with Crippen molar-refractivity contribution in [1.29, 1.82) is 0 Å². The quantitative estimate of drug-likeness (QED) is 0.712. The zero-order valence-electron chi connectivity index (χ0n) is 16.1. The first-order valence-electron chi connectivity index (χ1n) is 9.72. The van der Waals surface area contributed by atoms with Crippen molar-refractivity contribution in [3.8, 4) is 0 Å². The number of anilines is 2. The van der Waals surface area contributed by atoms with Crippen LogP contribution in [0.4, 0.5) is 15.9 Å². The van der Waals surface area contributed by atoms with Gasteiger partial charge in [0.25, 0.3) is 5.91 Å². The molecule has 2 aliphatic heterocycles. The van der Waals surface area contributed by atoms with Crippen LogP contribution in [0.1, 0.15) is 10.5 Å². The molecule has 152 valence electrons. The minimum Gasteiger partial charge on any atom is -0.368 e. The molecule has 0 atom stereocenters. The highest BCUT2D eigenvalue weighted by atomic mass is 19.1. The Kier molecular flexibility index (Phi) is 5.55. The summed E-state index contributed by atoms with van der Waals surface area (Å²) in [6, 6.07) is 9.93. The molecule has 2 aliphatic rings. The van der Waals surface area contributed by atoms with Crippen molar-refractivity contribution >= 4 is 23.8 Å². The first-order chi connectivity index (χ1) is 14.1. The molecule has 0 aliphatic carbocycles. The van der Waals surface area contributed by atoms with Crippen LogP contribution in [-0.2, 0) is 4.79 Å². The third kappa shape index (κ3) is 4.28. The van der Waals surface area contributed by atoms with E-state index in [9.17, 15) is 14.0 Å². The summed E-state index contributed by atoms with van der Waals surface area (Å²) >= 11 is 0. The molecule has 4 rings (SSSR count). The van der Waals surface area contributed by atoms with Crippen LogP contribution in [-0.4, -0.2) is 84.7 Å². The standard InChI is InChI=1S/C20H23FN6O2/c21-16-1-3-17(4-2-16)25-11-13-27(14-12-25)20(29)18-5-6-19(23-22-18)26-9-7-24(15-28)8-10-26/h1-6,15H,7-14H2. The zero-order valence-corrected chi connectivity index (χ0v) is 16.1. The molecular weight excluding hydrogens is 375 g/mol. The summed E-state index contributed by atoms with van der Waals surface area (Å²) in [5, 5.41) is 8.35. The van der Waals surface area contributed by atoms with Gasteiger partial charge in [-0.25, -0.2) is 4.39 Å². The van der Waals surface area contributed by atoms with Crippen LogP contribution in [0.15, 0.2) is 36.4 Å². The highest BCUT2D eigenvalue weighted by Crippen LogP contribution is 2.18. The van der Waals surface area contributed by atoms with Crippen LogP contribution in [0.3, 0.4) is 0 Å². The van der Waals surface area contributed by atoms with Crippen LogP contribution >= 0.6 is 0 Å². The average molecular weight is 398 g/mol. The second kappa shape index (κ2) is 8.42. The van der Waals surface area contributed by atoms with E-state index in [1.165, 1.54) is 12.1 Å². The summed E-state index contributed by atoms with van der Waals surface area (Å²) in [5.41, 5.74) is 1.29. The molecule has 2 saturated heterocycles. The van der Waals surface area contributed by atoms with Gasteiger partial charge in [-0.1, -0.05) is 0 Å². The molecule has 3 heterocycles. The van der Waals surface area contributed by atoms with Crippen LogP contribution in [0.25, 0.3) is 0 Å². The summed E-state index contributed by atoms with van der Waals surface area (Å²) in [6.45, 7) is 5.24. The van der Waals surface area contributed by atoms with Crippen molar-refractivity contribution in [1.82, 2.24) is 20.0 Å². The maximum atomic E-state index is 13.1. The third-order valence-corrected chi connectivity index (χ3v) is 5.42. The summed E-state index contributed by atoms with van der Waals surface area (Å²) in [4.78, 5) is 31.3. The normalized spacial score (nSPS) is 17.4. The van der Waals surface area contributed by atoms with Crippen molar-refractivity contribution in [3.63, 3.8) is 0 Å². The number of piperazine rings is 2. The summed E-state index contributed by atoms with van der Waals surface area (Å²) < 4.78 is 13.1. The number of carbonyl (C=O) groups excluding carboxylic acids is 2. The van der Waals surface area contributed by atoms with Gasteiger partial charge in [0.15, 0.2) is 11.5 Å². The summed E-state index contributed by atoms with van der Waals surface area (Å²) in [5.74, 6) is 0.331. The Morgan fingerprint density at radius 1 is 0.828 bits per heavy atom. The predicted molar refractivity (Wildman–Crippen MR) is 106 cm³/mol. The lowest BCUT2D eigenvalue weighted by atomic mass is 10.2. The number of rotatable bonds is 4.